The maximum Gasteiger partial charge on any atom is 0.349 e. The Balaban J connectivity index is 1.67. The molecule has 2 aromatic rings. The summed E-state index contributed by atoms with van der Waals surface area (Å²) in [4.78, 5) is 50.6. The van der Waals surface area contributed by atoms with Crippen LogP contribution in [0.15, 0.2) is 30.3 Å². The molecule has 7 nitrogen and oxygen atoms in total. The second-order valence-electron chi connectivity index (χ2n) is 8.74. The Hall–Kier alpha value is -3.01. The van der Waals surface area contributed by atoms with Gasteiger partial charge in [0.15, 0.2) is 0 Å². The number of rotatable bonds is 5. The molecule has 2 atom stereocenters. The van der Waals surface area contributed by atoms with Crippen molar-refractivity contribution in [3.8, 4) is 0 Å². The van der Waals surface area contributed by atoms with Crippen LogP contribution in [0.2, 0.25) is 5.02 Å². The first-order valence-corrected chi connectivity index (χ1v) is 11.2. The first-order valence-electron chi connectivity index (χ1n) is 10.8. The van der Waals surface area contributed by atoms with Gasteiger partial charge in [-0.25, -0.2) is 0 Å². The van der Waals surface area contributed by atoms with Gasteiger partial charge in [-0.1, -0.05) is 40.7 Å². The number of fused-ring (bicyclic) bond motifs is 1. The van der Waals surface area contributed by atoms with Crippen LogP contribution < -0.4 is 21.6 Å². The molecule has 15 heteroatoms. The van der Waals surface area contributed by atoms with Crippen molar-refractivity contribution < 1.29 is 28.0 Å². The zero-order chi connectivity index (χ0) is 27.4. The molecule has 0 spiro atoms. The largest absolute Gasteiger partial charge is 0.358 e. The van der Waals surface area contributed by atoms with E-state index >= 15 is 0 Å². The molecule has 10 radical (unpaired) electrons. The standard InChI is InChI=1S/C22H13B5ClF2N3O4/c23-15-11(22(26,27)32-20(37)21(29,30)8-1-3-9(28)4-2-8)7-10-14(16(15)24)19(36)33(17(10)25)12-5-6-13(34)31-18(12)35/h1-4,7,12,17H,5-6H2,(H,32,37)(H,31,34,35). The van der Waals surface area contributed by atoms with Crippen molar-refractivity contribution in [3.63, 3.8) is 0 Å². The molecular weight excluding hydrogens is 498 g/mol. The van der Waals surface area contributed by atoms with E-state index in [9.17, 15) is 28.0 Å². The predicted molar refractivity (Wildman–Crippen MR) is 135 cm³/mol. The van der Waals surface area contributed by atoms with Crippen LogP contribution in [-0.4, -0.2) is 73.8 Å². The van der Waals surface area contributed by atoms with Crippen LogP contribution in [-0.2, 0) is 25.6 Å². The fourth-order valence-electron chi connectivity index (χ4n) is 4.37. The first-order chi connectivity index (χ1) is 17.2. The number of halogens is 3. The van der Waals surface area contributed by atoms with Gasteiger partial charge in [0, 0.05) is 28.5 Å². The Morgan fingerprint density at radius 3 is 2.32 bits per heavy atom. The van der Waals surface area contributed by atoms with E-state index in [1.807, 2.05) is 5.32 Å². The van der Waals surface area contributed by atoms with Gasteiger partial charge in [0.2, 0.25) is 11.8 Å². The zero-order valence-electron chi connectivity index (χ0n) is 19.1. The first kappa shape index (κ1) is 27.0. The Kier molecular flexibility index (Phi) is 6.86. The summed E-state index contributed by atoms with van der Waals surface area (Å²) in [5.41, 5.74) is -1.72. The molecule has 1 fully saturated rings. The van der Waals surface area contributed by atoms with E-state index in [-0.39, 0.29) is 45.5 Å². The second-order valence-corrected chi connectivity index (χ2v) is 9.18. The molecule has 176 valence electrons. The molecule has 37 heavy (non-hydrogen) atoms. The molecule has 0 bridgehead atoms. The maximum absolute atomic E-state index is 14.8. The topological polar surface area (TPSA) is 95.6 Å². The quantitative estimate of drug-likeness (QED) is 0.387. The fraction of sp³-hybridized carbons (Fsp3) is 0.273. The van der Waals surface area contributed by atoms with Gasteiger partial charge in [-0.3, -0.25) is 24.5 Å². The highest BCUT2D eigenvalue weighted by atomic mass is 35.5. The fourth-order valence-corrected chi connectivity index (χ4v) is 4.49. The number of hydrogen-bond acceptors (Lipinski definition) is 4. The zero-order valence-corrected chi connectivity index (χ0v) is 19.8. The molecule has 2 aromatic carbocycles. The van der Waals surface area contributed by atoms with Crippen LogP contribution in [0.3, 0.4) is 0 Å². The number of benzene rings is 2. The summed E-state index contributed by atoms with van der Waals surface area (Å²) in [6, 6.07) is 4.38. The lowest BCUT2D eigenvalue weighted by Crippen LogP contribution is -2.55. The van der Waals surface area contributed by atoms with Crippen LogP contribution in [0.25, 0.3) is 0 Å². The number of imide groups is 1. The smallest absolute Gasteiger partial charge is 0.349 e. The number of carbonyl (C=O) groups excluding carboxylic acids is 4. The monoisotopic (exact) mass is 511 g/mol. The van der Waals surface area contributed by atoms with Crippen molar-refractivity contribution in [2.45, 2.75) is 36.1 Å². The van der Waals surface area contributed by atoms with Crippen molar-refractivity contribution in [1.82, 2.24) is 15.5 Å². The Bertz CT molecular complexity index is 1340. The Morgan fingerprint density at radius 2 is 1.73 bits per heavy atom. The average Bonchev–Trinajstić information content (AvgIpc) is 3.06. The van der Waals surface area contributed by atoms with Crippen LogP contribution in [0, 0.1) is 0 Å². The lowest BCUT2D eigenvalue weighted by molar-refractivity contribution is -0.147. The van der Waals surface area contributed by atoms with E-state index in [1.54, 1.807) is 0 Å². The summed E-state index contributed by atoms with van der Waals surface area (Å²) >= 11 is 5.72. The number of alkyl halides is 2. The minimum Gasteiger partial charge on any atom is -0.358 e. The van der Waals surface area contributed by atoms with Crippen molar-refractivity contribution in [3.05, 3.63) is 57.6 Å². The van der Waals surface area contributed by atoms with Gasteiger partial charge in [-0.2, -0.15) is 8.78 Å². The maximum atomic E-state index is 14.8. The number of hydrogen-bond donors (Lipinski definition) is 2. The van der Waals surface area contributed by atoms with Gasteiger partial charge in [0.1, 0.15) is 29.6 Å². The highest BCUT2D eigenvalue weighted by Crippen LogP contribution is 2.36. The summed E-state index contributed by atoms with van der Waals surface area (Å²) in [7, 11) is 30.4. The molecule has 1 saturated heterocycles. The lowest BCUT2D eigenvalue weighted by atomic mass is 9.54. The third-order valence-electron chi connectivity index (χ3n) is 6.31. The van der Waals surface area contributed by atoms with E-state index in [0.717, 1.165) is 23.1 Å². The van der Waals surface area contributed by atoms with Gasteiger partial charge in [0.05, 0.1) is 15.7 Å². The third kappa shape index (κ3) is 4.60. The van der Waals surface area contributed by atoms with Crippen LogP contribution in [0.1, 0.15) is 45.8 Å². The van der Waals surface area contributed by atoms with Gasteiger partial charge in [-0.15, -0.1) is 0 Å². The highest BCUT2D eigenvalue weighted by Gasteiger charge is 2.46. The molecule has 0 aromatic heterocycles. The number of nitrogens with one attached hydrogen (secondary N) is 2. The van der Waals surface area contributed by atoms with E-state index in [0.29, 0.717) is 0 Å². The van der Waals surface area contributed by atoms with Gasteiger partial charge in [-0.05, 0) is 35.0 Å². The summed E-state index contributed by atoms with van der Waals surface area (Å²) < 4.78 is 29.6. The SMILES string of the molecule is [B]c1c(C([B])([B])NC(=O)C(F)(F)c2ccc(Cl)cc2)cc2c(c1[B])C(=O)N(C1CCC(=O)NC1=O)C2[B]. The van der Waals surface area contributed by atoms with E-state index in [4.69, 9.17) is 50.8 Å². The van der Waals surface area contributed by atoms with Crippen molar-refractivity contribution in [2.24, 2.45) is 0 Å². The molecule has 2 heterocycles. The second kappa shape index (κ2) is 9.38. The molecule has 0 saturated carbocycles. The third-order valence-corrected chi connectivity index (χ3v) is 6.56. The van der Waals surface area contributed by atoms with Crippen molar-refractivity contribution in [2.75, 3.05) is 0 Å². The lowest BCUT2D eigenvalue weighted by Gasteiger charge is -2.34. The molecule has 2 aliphatic rings. The summed E-state index contributed by atoms with van der Waals surface area (Å²) in [6.07, 6.45) is 0.00257. The molecule has 2 N–H and O–H groups in total. The van der Waals surface area contributed by atoms with Crippen LogP contribution >= 0.6 is 11.6 Å². The molecule has 2 unspecified atom stereocenters. The van der Waals surface area contributed by atoms with Crippen LogP contribution in [0.5, 0.6) is 0 Å². The number of piperidine rings is 1. The van der Waals surface area contributed by atoms with E-state index in [2.05, 4.69) is 5.32 Å². The Morgan fingerprint density at radius 1 is 1.11 bits per heavy atom. The number of amides is 4. The summed E-state index contributed by atoms with van der Waals surface area (Å²) in [6.45, 7) is 0. The van der Waals surface area contributed by atoms with Crippen molar-refractivity contribution >= 4 is 85.4 Å². The minimum atomic E-state index is -4.06. The summed E-state index contributed by atoms with van der Waals surface area (Å²) in [5.74, 6) is -9.08. The van der Waals surface area contributed by atoms with Crippen molar-refractivity contribution in [1.29, 1.82) is 0 Å². The molecule has 4 amide bonds. The minimum absolute atomic E-state index is 0.0192. The normalized spacial score (nSPS) is 20.0. The molecule has 2 aliphatic heterocycles. The number of nitrogens with zero attached hydrogens (tertiary/aromatic N) is 1. The molecule has 0 aliphatic carbocycles. The van der Waals surface area contributed by atoms with E-state index in [1.165, 1.54) is 12.1 Å². The molecule has 4 rings (SSSR count). The highest BCUT2D eigenvalue weighted by molar-refractivity contribution is 6.54. The predicted octanol–water partition coefficient (Wildman–Crippen LogP) is -1.29. The average molecular weight is 511 g/mol. The van der Waals surface area contributed by atoms with Crippen LogP contribution in [0.4, 0.5) is 8.78 Å². The summed E-state index contributed by atoms with van der Waals surface area (Å²) in [5, 5.41) is 1.70. The molecular formula is C22H13B5ClF2N3O4. The van der Waals surface area contributed by atoms with E-state index < -0.39 is 52.4 Å². The van der Waals surface area contributed by atoms with Gasteiger partial charge in [0.25, 0.3) is 11.8 Å². The number of carbonyl (C=O) groups is 4. The van der Waals surface area contributed by atoms with Gasteiger partial charge >= 0.3 is 5.92 Å². The Labute approximate surface area is 222 Å². The van der Waals surface area contributed by atoms with Gasteiger partial charge < -0.3 is 10.2 Å².